The SMILES string of the molecule is Cn1c(-c2cc(N)no2)cc2cc(C(F)(F)F)ccc21. The van der Waals surface area contributed by atoms with Crippen LogP contribution in [0.2, 0.25) is 0 Å². The van der Waals surface area contributed by atoms with Crippen LogP contribution < -0.4 is 5.73 Å². The van der Waals surface area contributed by atoms with Crippen molar-refractivity contribution in [3.63, 3.8) is 0 Å². The normalized spacial score (nSPS) is 12.2. The van der Waals surface area contributed by atoms with E-state index in [0.29, 0.717) is 22.4 Å². The van der Waals surface area contributed by atoms with Crippen molar-refractivity contribution >= 4 is 16.7 Å². The predicted molar refractivity (Wildman–Crippen MR) is 67.8 cm³/mol. The molecule has 20 heavy (non-hydrogen) atoms. The van der Waals surface area contributed by atoms with Gasteiger partial charge in [-0.05, 0) is 24.3 Å². The molecule has 0 spiro atoms. The lowest BCUT2D eigenvalue weighted by atomic mass is 10.1. The van der Waals surface area contributed by atoms with Crippen molar-refractivity contribution in [2.75, 3.05) is 5.73 Å². The zero-order valence-corrected chi connectivity index (χ0v) is 10.4. The summed E-state index contributed by atoms with van der Waals surface area (Å²) in [5.41, 5.74) is 6.08. The van der Waals surface area contributed by atoms with Crippen molar-refractivity contribution in [2.24, 2.45) is 7.05 Å². The highest BCUT2D eigenvalue weighted by Gasteiger charge is 2.30. The van der Waals surface area contributed by atoms with Crippen LogP contribution in [-0.4, -0.2) is 9.72 Å². The van der Waals surface area contributed by atoms with E-state index in [-0.39, 0.29) is 5.82 Å². The monoisotopic (exact) mass is 281 g/mol. The molecule has 0 fully saturated rings. The topological polar surface area (TPSA) is 57.0 Å². The number of aromatic nitrogens is 2. The van der Waals surface area contributed by atoms with Gasteiger partial charge in [-0.3, -0.25) is 0 Å². The van der Waals surface area contributed by atoms with E-state index in [1.165, 1.54) is 12.1 Å². The van der Waals surface area contributed by atoms with Gasteiger partial charge in [0.05, 0.1) is 11.3 Å². The van der Waals surface area contributed by atoms with Gasteiger partial charge in [0.1, 0.15) is 0 Å². The van der Waals surface area contributed by atoms with Crippen molar-refractivity contribution in [1.29, 1.82) is 0 Å². The molecule has 0 saturated heterocycles. The van der Waals surface area contributed by atoms with Crippen molar-refractivity contribution in [3.8, 4) is 11.5 Å². The Labute approximate surface area is 111 Å². The van der Waals surface area contributed by atoms with E-state index in [1.54, 1.807) is 17.7 Å². The van der Waals surface area contributed by atoms with Crippen LogP contribution in [-0.2, 0) is 13.2 Å². The number of benzene rings is 1. The molecule has 2 heterocycles. The Morgan fingerprint density at radius 2 is 1.95 bits per heavy atom. The maximum atomic E-state index is 12.7. The third kappa shape index (κ3) is 1.91. The molecule has 0 aliphatic heterocycles. The molecular formula is C13H10F3N3O. The molecule has 2 aromatic heterocycles. The number of nitrogens with two attached hydrogens (primary N) is 1. The summed E-state index contributed by atoms with van der Waals surface area (Å²) >= 11 is 0. The van der Waals surface area contributed by atoms with Gasteiger partial charge in [-0.1, -0.05) is 5.16 Å². The molecule has 1 aromatic carbocycles. The van der Waals surface area contributed by atoms with Crippen LogP contribution in [0.25, 0.3) is 22.4 Å². The minimum atomic E-state index is -4.36. The van der Waals surface area contributed by atoms with Crippen LogP contribution in [0.3, 0.4) is 0 Å². The number of hydrogen-bond donors (Lipinski definition) is 1. The van der Waals surface area contributed by atoms with Crippen LogP contribution in [0.15, 0.2) is 34.9 Å². The number of alkyl halides is 3. The molecule has 4 nitrogen and oxygen atoms in total. The van der Waals surface area contributed by atoms with Gasteiger partial charge in [0, 0.05) is 24.0 Å². The van der Waals surface area contributed by atoms with Gasteiger partial charge in [0.2, 0.25) is 0 Å². The van der Waals surface area contributed by atoms with Gasteiger partial charge in [-0.15, -0.1) is 0 Å². The third-order valence-corrected chi connectivity index (χ3v) is 3.15. The maximum absolute atomic E-state index is 12.7. The van der Waals surface area contributed by atoms with Crippen molar-refractivity contribution in [3.05, 3.63) is 35.9 Å². The number of fused-ring (bicyclic) bond motifs is 1. The van der Waals surface area contributed by atoms with E-state index in [2.05, 4.69) is 5.16 Å². The molecule has 0 unspecified atom stereocenters. The lowest BCUT2D eigenvalue weighted by molar-refractivity contribution is -0.137. The number of hydrogen-bond acceptors (Lipinski definition) is 3. The standard InChI is InChI=1S/C13H10F3N3O/c1-19-9-3-2-8(13(14,15)16)4-7(9)5-10(19)11-6-12(17)18-20-11/h2-6H,1H3,(H2,17,18). The average molecular weight is 281 g/mol. The summed E-state index contributed by atoms with van der Waals surface area (Å²) in [4.78, 5) is 0. The van der Waals surface area contributed by atoms with Crippen LogP contribution in [0.1, 0.15) is 5.56 Å². The fourth-order valence-corrected chi connectivity index (χ4v) is 2.17. The van der Waals surface area contributed by atoms with Gasteiger partial charge in [0.25, 0.3) is 0 Å². The van der Waals surface area contributed by atoms with Gasteiger partial charge in [-0.2, -0.15) is 13.2 Å². The number of halogens is 3. The lowest BCUT2D eigenvalue weighted by Gasteiger charge is -2.06. The first kappa shape index (κ1) is 12.6. The number of rotatable bonds is 1. The predicted octanol–water partition coefficient (Wildman–Crippen LogP) is 3.43. The van der Waals surface area contributed by atoms with Crippen molar-refractivity contribution in [2.45, 2.75) is 6.18 Å². The molecule has 7 heteroatoms. The highest BCUT2D eigenvalue weighted by molar-refractivity contribution is 5.87. The Morgan fingerprint density at radius 3 is 2.55 bits per heavy atom. The summed E-state index contributed by atoms with van der Waals surface area (Å²) in [6, 6.07) is 6.74. The van der Waals surface area contributed by atoms with Crippen LogP contribution in [0, 0.1) is 0 Å². The largest absolute Gasteiger partial charge is 0.416 e. The zero-order valence-electron chi connectivity index (χ0n) is 10.4. The van der Waals surface area contributed by atoms with Gasteiger partial charge < -0.3 is 14.8 Å². The maximum Gasteiger partial charge on any atom is 0.416 e. The number of nitrogen functional groups attached to an aromatic ring is 1. The Kier molecular flexibility index (Phi) is 2.53. The molecule has 0 bridgehead atoms. The summed E-state index contributed by atoms with van der Waals surface area (Å²) in [6.45, 7) is 0. The minimum Gasteiger partial charge on any atom is -0.381 e. The van der Waals surface area contributed by atoms with E-state index in [0.717, 1.165) is 12.1 Å². The lowest BCUT2D eigenvalue weighted by Crippen LogP contribution is -2.04. The molecule has 2 N–H and O–H groups in total. The fraction of sp³-hybridized carbons (Fsp3) is 0.154. The number of anilines is 1. The molecule has 3 rings (SSSR count). The van der Waals surface area contributed by atoms with Gasteiger partial charge >= 0.3 is 6.18 Å². The van der Waals surface area contributed by atoms with Gasteiger partial charge in [0.15, 0.2) is 11.6 Å². The summed E-state index contributed by atoms with van der Waals surface area (Å²) in [7, 11) is 1.74. The Morgan fingerprint density at radius 1 is 1.20 bits per heavy atom. The highest BCUT2D eigenvalue weighted by atomic mass is 19.4. The van der Waals surface area contributed by atoms with Crippen molar-refractivity contribution in [1.82, 2.24) is 9.72 Å². The number of aryl methyl sites for hydroxylation is 1. The highest BCUT2D eigenvalue weighted by Crippen LogP contribution is 2.34. The molecular weight excluding hydrogens is 271 g/mol. The molecule has 0 aliphatic carbocycles. The first-order valence-electron chi connectivity index (χ1n) is 5.75. The third-order valence-electron chi connectivity index (χ3n) is 3.15. The molecule has 3 aromatic rings. The summed E-state index contributed by atoms with van der Waals surface area (Å²) in [6.07, 6.45) is -4.36. The van der Waals surface area contributed by atoms with Crippen LogP contribution in [0.5, 0.6) is 0 Å². The molecule has 104 valence electrons. The Hall–Kier alpha value is -2.44. The van der Waals surface area contributed by atoms with Gasteiger partial charge in [-0.25, -0.2) is 0 Å². The Balaban J connectivity index is 2.19. The summed E-state index contributed by atoms with van der Waals surface area (Å²) in [5.74, 6) is 0.635. The fourth-order valence-electron chi connectivity index (χ4n) is 2.17. The van der Waals surface area contributed by atoms with E-state index in [1.807, 2.05) is 0 Å². The first-order valence-corrected chi connectivity index (χ1v) is 5.75. The second-order valence-electron chi connectivity index (χ2n) is 4.48. The van der Waals surface area contributed by atoms with Crippen LogP contribution in [0.4, 0.5) is 19.0 Å². The molecule has 0 aliphatic rings. The van der Waals surface area contributed by atoms with Crippen LogP contribution >= 0.6 is 0 Å². The molecule has 0 radical (unpaired) electrons. The summed E-state index contributed by atoms with van der Waals surface area (Å²) in [5, 5.41) is 4.05. The Bertz CT molecular complexity index is 786. The van der Waals surface area contributed by atoms with E-state index in [4.69, 9.17) is 10.3 Å². The van der Waals surface area contributed by atoms with E-state index in [9.17, 15) is 13.2 Å². The number of nitrogens with zero attached hydrogens (tertiary/aromatic N) is 2. The quantitative estimate of drug-likeness (QED) is 0.743. The van der Waals surface area contributed by atoms with Crippen molar-refractivity contribution < 1.29 is 17.7 Å². The minimum absolute atomic E-state index is 0.223. The second-order valence-corrected chi connectivity index (χ2v) is 4.48. The first-order chi connectivity index (χ1) is 9.36. The second kappa shape index (κ2) is 4.03. The molecule has 0 amide bonds. The van der Waals surface area contributed by atoms with E-state index < -0.39 is 11.7 Å². The molecule has 0 saturated carbocycles. The average Bonchev–Trinajstić information content (AvgIpc) is 2.92. The smallest absolute Gasteiger partial charge is 0.381 e. The summed E-state index contributed by atoms with van der Waals surface area (Å²) < 4.78 is 44.9. The zero-order chi connectivity index (χ0) is 14.5. The molecule has 0 atom stereocenters. The van der Waals surface area contributed by atoms with E-state index >= 15 is 0 Å².